The van der Waals surface area contributed by atoms with Crippen molar-refractivity contribution in [2.75, 3.05) is 11.5 Å². The summed E-state index contributed by atoms with van der Waals surface area (Å²) < 4.78 is 0. The molecule has 4 nitrogen and oxygen atoms in total. The van der Waals surface area contributed by atoms with Crippen LogP contribution in [0.1, 0.15) is 13.3 Å². The van der Waals surface area contributed by atoms with Gasteiger partial charge in [0.1, 0.15) is 0 Å². The fourth-order valence-electron chi connectivity index (χ4n) is 2.08. The number of aliphatic hydroxyl groups excluding tert-OH is 1. The lowest BCUT2D eigenvalue weighted by atomic mass is 10.2. The molecule has 2 aromatic carbocycles. The van der Waals surface area contributed by atoms with Gasteiger partial charge in [0.05, 0.1) is 11.4 Å². The molecular formula is C17H20N2O2. The molecule has 2 N–H and O–H groups in total. The van der Waals surface area contributed by atoms with Gasteiger partial charge in [0.25, 0.3) is 0 Å². The summed E-state index contributed by atoms with van der Waals surface area (Å²) in [4.78, 5) is 14.2. The topological polar surface area (TPSA) is 52.6 Å². The Balaban J connectivity index is 2.27. The van der Waals surface area contributed by atoms with Gasteiger partial charge in [-0.3, -0.25) is 4.90 Å². The summed E-state index contributed by atoms with van der Waals surface area (Å²) in [6.07, 6.45) is 0.531. The number of carbonyl (C=O) groups is 1. The van der Waals surface area contributed by atoms with Gasteiger partial charge in [0.2, 0.25) is 0 Å². The SMILES string of the molecule is CC(CCO)NC(=O)N(c1ccccc1)c1ccccc1. The second-order valence-electron chi connectivity index (χ2n) is 4.87. The molecule has 0 spiro atoms. The molecule has 0 aliphatic rings. The Hall–Kier alpha value is -2.33. The standard InChI is InChI=1S/C17H20N2O2/c1-14(12-13-20)18-17(21)19(15-8-4-2-5-9-15)16-10-6-3-7-11-16/h2-11,14,20H,12-13H2,1H3,(H,18,21). The van der Waals surface area contributed by atoms with Crippen molar-refractivity contribution in [1.82, 2.24) is 5.32 Å². The molecule has 0 saturated carbocycles. The number of amides is 2. The molecule has 2 rings (SSSR count). The predicted molar refractivity (Wildman–Crippen MR) is 84.7 cm³/mol. The highest BCUT2D eigenvalue weighted by Crippen LogP contribution is 2.24. The molecule has 0 aliphatic heterocycles. The zero-order valence-electron chi connectivity index (χ0n) is 12.1. The van der Waals surface area contributed by atoms with E-state index >= 15 is 0 Å². The van der Waals surface area contributed by atoms with Crippen molar-refractivity contribution < 1.29 is 9.90 Å². The third kappa shape index (κ3) is 4.07. The molecule has 2 amide bonds. The van der Waals surface area contributed by atoms with Crippen molar-refractivity contribution in [1.29, 1.82) is 0 Å². The van der Waals surface area contributed by atoms with Crippen LogP contribution in [-0.4, -0.2) is 23.8 Å². The summed E-state index contributed by atoms with van der Waals surface area (Å²) in [6, 6.07) is 18.7. The number of hydrogen-bond donors (Lipinski definition) is 2. The molecule has 0 heterocycles. The molecule has 0 radical (unpaired) electrons. The van der Waals surface area contributed by atoms with Crippen molar-refractivity contribution >= 4 is 17.4 Å². The monoisotopic (exact) mass is 284 g/mol. The quantitative estimate of drug-likeness (QED) is 0.885. The van der Waals surface area contributed by atoms with Gasteiger partial charge in [-0.05, 0) is 37.6 Å². The van der Waals surface area contributed by atoms with E-state index in [1.165, 1.54) is 0 Å². The van der Waals surface area contributed by atoms with E-state index in [1.807, 2.05) is 67.6 Å². The Labute approximate surface area is 125 Å². The van der Waals surface area contributed by atoms with Gasteiger partial charge in [-0.2, -0.15) is 0 Å². The van der Waals surface area contributed by atoms with Crippen LogP contribution in [0.3, 0.4) is 0 Å². The van der Waals surface area contributed by atoms with E-state index in [0.717, 1.165) is 11.4 Å². The van der Waals surface area contributed by atoms with E-state index in [0.29, 0.717) is 6.42 Å². The van der Waals surface area contributed by atoms with Crippen molar-refractivity contribution in [3.63, 3.8) is 0 Å². The average Bonchev–Trinajstić information content (AvgIpc) is 2.50. The van der Waals surface area contributed by atoms with Gasteiger partial charge in [0.15, 0.2) is 0 Å². The molecule has 0 fully saturated rings. The Kier molecular flexibility index (Phi) is 5.35. The van der Waals surface area contributed by atoms with E-state index in [-0.39, 0.29) is 18.7 Å². The Morgan fingerprint density at radius 3 is 1.95 bits per heavy atom. The largest absolute Gasteiger partial charge is 0.396 e. The zero-order valence-corrected chi connectivity index (χ0v) is 12.1. The van der Waals surface area contributed by atoms with Crippen LogP contribution in [-0.2, 0) is 0 Å². The summed E-state index contributed by atoms with van der Waals surface area (Å²) in [7, 11) is 0. The zero-order chi connectivity index (χ0) is 15.1. The molecule has 0 aromatic heterocycles. The van der Waals surface area contributed by atoms with E-state index < -0.39 is 0 Å². The summed E-state index contributed by atoms with van der Waals surface area (Å²) >= 11 is 0. The van der Waals surface area contributed by atoms with E-state index in [4.69, 9.17) is 5.11 Å². The van der Waals surface area contributed by atoms with Gasteiger partial charge < -0.3 is 10.4 Å². The molecule has 1 atom stereocenters. The Bertz CT molecular complexity index is 518. The van der Waals surface area contributed by atoms with Crippen LogP contribution in [0, 0.1) is 0 Å². The molecule has 0 saturated heterocycles. The van der Waals surface area contributed by atoms with E-state index in [2.05, 4.69) is 5.32 Å². The van der Waals surface area contributed by atoms with Gasteiger partial charge in [-0.15, -0.1) is 0 Å². The van der Waals surface area contributed by atoms with Crippen LogP contribution in [0.5, 0.6) is 0 Å². The minimum atomic E-state index is -0.201. The molecule has 21 heavy (non-hydrogen) atoms. The van der Waals surface area contributed by atoms with Crippen LogP contribution >= 0.6 is 0 Å². The van der Waals surface area contributed by atoms with Crippen molar-refractivity contribution in [2.24, 2.45) is 0 Å². The minimum absolute atomic E-state index is 0.0537. The highest BCUT2D eigenvalue weighted by molar-refractivity contribution is 5.99. The van der Waals surface area contributed by atoms with Gasteiger partial charge in [-0.1, -0.05) is 36.4 Å². The Morgan fingerprint density at radius 2 is 1.52 bits per heavy atom. The lowest BCUT2D eigenvalue weighted by Gasteiger charge is -2.25. The number of anilines is 2. The molecule has 0 bridgehead atoms. The van der Waals surface area contributed by atoms with Crippen LogP contribution in [0.15, 0.2) is 60.7 Å². The number of aliphatic hydroxyl groups is 1. The number of nitrogens with zero attached hydrogens (tertiary/aromatic N) is 1. The average molecular weight is 284 g/mol. The van der Waals surface area contributed by atoms with Gasteiger partial charge >= 0.3 is 6.03 Å². The number of para-hydroxylation sites is 2. The lowest BCUT2D eigenvalue weighted by Crippen LogP contribution is -2.42. The normalized spacial score (nSPS) is 11.7. The van der Waals surface area contributed by atoms with Crippen molar-refractivity contribution in [3.05, 3.63) is 60.7 Å². The van der Waals surface area contributed by atoms with Crippen LogP contribution in [0.2, 0.25) is 0 Å². The molecule has 4 heteroatoms. The minimum Gasteiger partial charge on any atom is -0.396 e. The molecule has 2 aromatic rings. The summed E-state index contributed by atoms with van der Waals surface area (Å²) in [5.41, 5.74) is 1.61. The smallest absolute Gasteiger partial charge is 0.326 e. The lowest BCUT2D eigenvalue weighted by molar-refractivity contribution is 0.238. The second-order valence-corrected chi connectivity index (χ2v) is 4.87. The first-order valence-electron chi connectivity index (χ1n) is 7.04. The fourth-order valence-corrected chi connectivity index (χ4v) is 2.08. The van der Waals surface area contributed by atoms with E-state index in [9.17, 15) is 4.79 Å². The fraction of sp³-hybridized carbons (Fsp3) is 0.235. The maximum atomic E-state index is 12.6. The van der Waals surface area contributed by atoms with Crippen molar-refractivity contribution in [3.8, 4) is 0 Å². The number of rotatable bonds is 5. The summed E-state index contributed by atoms with van der Waals surface area (Å²) in [6.45, 7) is 1.93. The maximum Gasteiger partial charge on any atom is 0.326 e. The number of hydrogen-bond acceptors (Lipinski definition) is 2. The first kappa shape index (κ1) is 15.1. The first-order chi connectivity index (χ1) is 10.2. The maximum absolute atomic E-state index is 12.6. The summed E-state index contributed by atoms with van der Waals surface area (Å²) in [5.74, 6) is 0. The second kappa shape index (κ2) is 7.45. The number of benzene rings is 2. The first-order valence-corrected chi connectivity index (χ1v) is 7.04. The van der Waals surface area contributed by atoms with Gasteiger partial charge in [0, 0.05) is 12.6 Å². The van der Waals surface area contributed by atoms with Crippen LogP contribution < -0.4 is 10.2 Å². The third-order valence-corrected chi connectivity index (χ3v) is 3.16. The van der Waals surface area contributed by atoms with Gasteiger partial charge in [-0.25, -0.2) is 4.79 Å². The van der Waals surface area contributed by atoms with Crippen LogP contribution in [0.25, 0.3) is 0 Å². The van der Waals surface area contributed by atoms with Crippen molar-refractivity contribution in [2.45, 2.75) is 19.4 Å². The molecule has 0 aliphatic carbocycles. The number of urea groups is 1. The summed E-state index contributed by atoms with van der Waals surface area (Å²) in [5, 5.41) is 11.9. The highest BCUT2D eigenvalue weighted by Gasteiger charge is 2.18. The molecular weight excluding hydrogens is 264 g/mol. The highest BCUT2D eigenvalue weighted by atomic mass is 16.3. The number of carbonyl (C=O) groups excluding carboxylic acids is 1. The predicted octanol–water partition coefficient (Wildman–Crippen LogP) is 3.31. The van der Waals surface area contributed by atoms with E-state index in [1.54, 1.807) is 4.90 Å². The van der Waals surface area contributed by atoms with Crippen LogP contribution in [0.4, 0.5) is 16.2 Å². The molecule has 110 valence electrons. The molecule has 1 unspecified atom stereocenters. The Morgan fingerprint density at radius 1 is 1.05 bits per heavy atom. The number of nitrogens with one attached hydrogen (secondary N) is 1. The third-order valence-electron chi connectivity index (χ3n) is 3.16.